The second-order valence-electron chi connectivity index (χ2n) is 4.23. The number of carbonyl (C=O) groups excluding carboxylic acids is 1. The lowest BCUT2D eigenvalue weighted by Gasteiger charge is -2.07. The van der Waals surface area contributed by atoms with Gasteiger partial charge in [-0.2, -0.15) is 0 Å². The molecule has 0 spiro atoms. The Kier molecular flexibility index (Phi) is 4.12. The van der Waals surface area contributed by atoms with Crippen LogP contribution in [0.4, 0.5) is 0 Å². The van der Waals surface area contributed by atoms with Crippen molar-refractivity contribution in [3.63, 3.8) is 0 Å². The van der Waals surface area contributed by atoms with Crippen LogP contribution in [-0.2, 0) is 6.54 Å². The number of rotatable bonds is 3. The smallest absolute Gasteiger partial charge is 0.254 e. The maximum absolute atomic E-state index is 12.0. The van der Waals surface area contributed by atoms with Gasteiger partial charge in [0.1, 0.15) is 5.82 Å². The third-order valence-electron chi connectivity index (χ3n) is 2.69. The van der Waals surface area contributed by atoms with E-state index in [1.807, 2.05) is 18.2 Å². The summed E-state index contributed by atoms with van der Waals surface area (Å²) in [6.45, 7) is 4.01. The highest BCUT2D eigenvalue weighted by molar-refractivity contribution is 6.30. The van der Waals surface area contributed by atoms with Crippen molar-refractivity contribution in [1.82, 2.24) is 15.3 Å². The zero-order chi connectivity index (χ0) is 13.8. The fraction of sp³-hybridized carbons (Fsp3) is 0.214. The average molecular weight is 276 g/mol. The summed E-state index contributed by atoms with van der Waals surface area (Å²) in [7, 11) is 0. The summed E-state index contributed by atoms with van der Waals surface area (Å²) in [6.07, 6.45) is 1.55. The minimum Gasteiger partial charge on any atom is -0.348 e. The molecule has 4 nitrogen and oxygen atoms in total. The van der Waals surface area contributed by atoms with Crippen LogP contribution in [0, 0.1) is 13.8 Å². The van der Waals surface area contributed by atoms with E-state index in [9.17, 15) is 4.79 Å². The lowest BCUT2D eigenvalue weighted by atomic mass is 10.2. The highest BCUT2D eigenvalue weighted by Gasteiger charge is 2.10. The van der Waals surface area contributed by atoms with Crippen LogP contribution in [0.2, 0.25) is 5.02 Å². The van der Waals surface area contributed by atoms with Crippen LogP contribution in [0.25, 0.3) is 0 Å². The monoisotopic (exact) mass is 275 g/mol. The van der Waals surface area contributed by atoms with Crippen LogP contribution in [0.5, 0.6) is 0 Å². The topological polar surface area (TPSA) is 54.9 Å². The van der Waals surface area contributed by atoms with E-state index in [0.717, 1.165) is 5.56 Å². The largest absolute Gasteiger partial charge is 0.348 e. The van der Waals surface area contributed by atoms with E-state index >= 15 is 0 Å². The number of carbonyl (C=O) groups is 1. The maximum Gasteiger partial charge on any atom is 0.254 e. The molecule has 1 heterocycles. The van der Waals surface area contributed by atoms with Gasteiger partial charge in [0.15, 0.2) is 0 Å². The van der Waals surface area contributed by atoms with Crippen LogP contribution >= 0.6 is 11.6 Å². The number of aryl methyl sites for hydroxylation is 2. The summed E-state index contributed by atoms with van der Waals surface area (Å²) < 4.78 is 0. The van der Waals surface area contributed by atoms with Gasteiger partial charge in [-0.25, -0.2) is 9.97 Å². The Hall–Kier alpha value is -1.94. The van der Waals surface area contributed by atoms with Crippen molar-refractivity contribution in [2.45, 2.75) is 20.4 Å². The van der Waals surface area contributed by atoms with Gasteiger partial charge < -0.3 is 5.32 Å². The minimum absolute atomic E-state index is 0.183. The fourth-order valence-electron chi connectivity index (χ4n) is 1.73. The van der Waals surface area contributed by atoms with E-state index < -0.39 is 0 Å². The number of amides is 1. The van der Waals surface area contributed by atoms with Crippen molar-refractivity contribution < 1.29 is 4.79 Å². The van der Waals surface area contributed by atoms with Crippen molar-refractivity contribution >= 4 is 17.5 Å². The van der Waals surface area contributed by atoms with Gasteiger partial charge in [0.2, 0.25) is 0 Å². The zero-order valence-electron chi connectivity index (χ0n) is 10.8. The lowest BCUT2D eigenvalue weighted by Crippen LogP contribution is -2.24. The van der Waals surface area contributed by atoms with E-state index in [-0.39, 0.29) is 5.91 Å². The average Bonchev–Trinajstić information content (AvgIpc) is 2.36. The summed E-state index contributed by atoms with van der Waals surface area (Å²) in [5.74, 6) is 0.473. The molecule has 0 radical (unpaired) electrons. The van der Waals surface area contributed by atoms with E-state index in [0.29, 0.717) is 28.6 Å². The van der Waals surface area contributed by atoms with Gasteiger partial charge in [0, 0.05) is 17.8 Å². The normalized spacial score (nSPS) is 10.3. The fourth-order valence-corrected chi connectivity index (χ4v) is 1.94. The Morgan fingerprint density at radius 3 is 2.84 bits per heavy atom. The van der Waals surface area contributed by atoms with Crippen molar-refractivity contribution in [2.75, 3.05) is 0 Å². The Balaban J connectivity index is 2.05. The molecular weight excluding hydrogens is 262 g/mol. The van der Waals surface area contributed by atoms with Gasteiger partial charge in [0.25, 0.3) is 5.91 Å². The van der Waals surface area contributed by atoms with Gasteiger partial charge in [0.05, 0.1) is 11.3 Å². The molecule has 0 bridgehead atoms. The molecule has 1 aromatic heterocycles. The molecule has 19 heavy (non-hydrogen) atoms. The van der Waals surface area contributed by atoms with Crippen molar-refractivity contribution in [2.24, 2.45) is 0 Å². The molecule has 1 amide bonds. The third-order valence-corrected chi connectivity index (χ3v) is 2.92. The van der Waals surface area contributed by atoms with Crippen molar-refractivity contribution in [3.8, 4) is 0 Å². The number of nitrogens with one attached hydrogen (secondary N) is 1. The summed E-state index contributed by atoms with van der Waals surface area (Å²) in [6, 6.07) is 7.37. The molecule has 0 fully saturated rings. The molecule has 1 N–H and O–H groups in total. The Labute approximate surface area is 116 Å². The van der Waals surface area contributed by atoms with Crippen LogP contribution in [0.15, 0.2) is 30.5 Å². The Bertz CT molecular complexity index is 613. The van der Waals surface area contributed by atoms with E-state index in [4.69, 9.17) is 11.6 Å². The standard InChI is InChI=1S/C14H14ClN3O/c1-9-13(8-16-10(2)18-9)14(19)17-7-11-4-3-5-12(15)6-11/h3-6,8H,7H2,1-2H3,(H,17,19). The molecule has 0 aliphatic carbocycles. The van der Waals surface area contributed by atoms with E-state index in [1.165, 1.54) is 0 Å². The number of aromatic nitrogens is 2. The number of hydrogen-bond donors (Lipinski definition) is 1. The third kappa shape index (κ3) is 3.51. The SMILES string of the molecule is Cc1ncc(C(=O)NCc2cccc(Cl)c2)c(C)n1. The predicted octanol–water partition coefficient (Wildman–Crippen LogP) is 2.68. The van der Waals surface area contributed by atoms with Crippen LogP contribution < -0.4 is 5.32 Å². The molecule has 0 saturated heterocycles. The lowest BCUT2D eigenvalue weighted by molar-refractivity contribution is 0.0949. The summed E-state index contributed by atoms with van der Waals surface area (Å²) in [5.41, 5.74) is 2.12. The molecule has 0 unspecified atom stereocenters. The Morgan fingerprint density at radius 1 is 1.37 bits per heavy atom. The van der Waals surface area contributed by atoms with Gasteiger partial charge in [-0.15, -0.1) is 0 Å². The first-order valence-electron chi connectivity index (χ1n) is 5.89. The zero-order valence-corrected chi connectivity index (χ0v) is 11.5. The number of halogens is 1. The minimum atomic E-state index is -0.183. The van der Waals surface area contributed by atoms with Gasteiger partial charge >= 0.3 is 0 Å². The predicted molar refractivity (Wildman–Crippen MR) is 74.1 cm³/mol. The quantitative estimate of drug-likeness (QED) is 0.937. The van der Waals surface area contributed by atoms with Crippen LogP contribution in [0.1, 0.15) is 27.4 Å². The number of nitrogens with zero attached hydrogens (tertiary/aromatic N) is 2. The molecule has 2 aromatic rings. The van der Waals surface area contributed by atoms with Crippen LogP contribution in [-0.4, -0.2) is 15.9 Å². The molecule has 0 saturated carbocycles. The molecule has 2 rings (SSSR count). The van der Waals surface area contributed by atoms with Gasteiger partial charge in [-0.1, -0.05) is 23.7 Å². The highest BCUT2D eigenvalue weighted by Crippen LogP contribution is 2.11. The van der Waals surface area contributed by atoms with E-state index in [1.54, 1.807) is 26.1 Å². The highest BCUT2D eigenvalue weighted by atomic mass is 35.5. The number of hydrogen-bond acceptors (Lipinski definition) is 3. The van der Waals surface area contributed by atoms with E-state index in [2.05, 4.69) is 15.3 Å². The molecule has 0 aliphatic rings. The number of benzene rings is 1. The first-order valence-corrected chi connectivity index (χ1v) is 6.27. The summed E-state index contributed by atoms with van der Waals surface area (Å²) >= 11 is 5.89. The first kappa shape index (κ1) is 13.5. The molecule has 0 aliphatic heterocycles. The molecular formula is C14H14ClN3O. The molecule has 98 valence electrons. The molecule has 1 aromatic carbocycles. The van der Waals surface area contributed by atoms with Crippen molar-refractivity contribution in [3.05, 3.63) is 58.1 Å². The molecule has 0 atom stereocenters. The van der Waals surface area contributed by atoms with Gasteiger partial charge in [-0.05, 0) is 31.5 Å². The second kappa shape index (κ2) is 5.80. The summed E-state index contributed by atoms with van der Waals surface area (Å²) in [4.78, 5) is 20.2. The summed E-state index contributed by atoms with van der Waals surface area (Å²) in [5, 5.41) is 3.48. The van der Waals surface area contributed by atoms with Crippen molar-refractivity contribution in [1.29, 1.82) is 0 Å². The Morgan fingerprint density at radius 2 is 2.16 bits per heavy atom. The molecule has 5 heteroatoms. The van der Waals surface area contributed by atoms with Crippen LogP contribution in [0.3, 0.4) is 0 Å². The first-order chi connectivity index (χ1) is 9.06. The second-order valence-corrected chi connectivity index (χ2v) is 4.67. The maximum atomic E-state index is 12.0. The van der Waals surface area contributed by atoms with Gasteiger partial charge in [-0.3, -0.25) is 4.79 Å².